The maximum absolute atomic E-state index is 13.3. The van der Waals surface area contributed by atoms with Crippen molar-refractivity contribution < 1.29 is 23.9 Å². The van der Waals surface area contributed by atoms with E-state index in [2.05, 4.69) is 0 Å². The lowest BCUT2D eigenvalue weighted by molar-refractivity contribution is -0.158. The predicted octanol–water partition coefficient (Wildman–Crippen LogP) is 3.48. The number of amides is 2. The molecule has 2 amide bonds. The van der Waals surface area contributed by atoms with Crippen molar-refractivity contribution in [3.63, 3.8) is 0 Å². The lowest BCUT2D eigenvalue weighted by Crippen LogP contribution is -2.48. The van der Waals surface area contributed by atoms with Crippen LogP contribution in [0.4, 0.5) is 0 Å². The van der Waals surface area contributed by atoms with Crippen LogP contribution in [0.2, 0.25) is 5.02 Å². The van der Waals surface area contributed by atoms with Crippen molar-refractivity contribution in [1.29, 1.82) is 0 Å². The van der Waals surface area contributed by atoms with Gasteiger partial charge in [-0.1, -0.05) is 54.1 Å². The summed E-state index contributed by atoms with van der Waals surface area (Å²) in [5.41, 5.74) is 1.15. The van der Waals surface area contributed by atoms with Gasteiger partial charge in [-0.15, -0.1) is 0 Å². The fourth-order valence-electron chi connectivity index (χ4n) is 5.30. The number of allylic oxidation sites excluding steroid dienone is 2. The van der Waals surface area contributed by atoms with Gasteiger partial charge in [-0.05, 0) is 48.1 Å². The van der Waals surface area contributed by atoms with Crippen LogP contribution in [0.3, 0.4) is 0 Å². The number of fused-ring (bicyclic) bond motifs is 5. The molecule has 2 aromatic rings. The number of hydrogen-bond donors (Lipinski definition) is 0. The number of likely N-dealkylation sites (tertiary alicyclic amines) is 1. The highest BCUT2D eigenvalue weighted by Gasteiger charge is 2.61. The summed E-state index contributed by atoms with van der Waals surface area (Å²) in [7, 11) is 0. The second kappa shape index (κ2) is 8.60. The van der Waals surface area contributed by atoms with Crippen molar-refractivity contribution in [2.75, 3.05) is 6.61 Å². The number of imide groups is 1. The minimum atomic E-state index is -1.12. The van der Waals surface area contributed by atoms with Gasteiger partial charge in [0.2, 0.25) is 11.8 Å². The molecular weight excluding hydrogens is 442 g/mol. The fourth-order valence-corrected chi connectivity index (χ4v) is 5.43. The standard InChI is InChI=1S/C26H22ClNO5/c27-19-10-8-16(9-11-19)21(29)14-33-26(32)20(12-15-4-2-1-3-5-15)28-24(30)22-17-6-7-18(13-17)23(22)25(28)31/h1-11,17-18,20,22-23H,12-14H2/t17-,18+,20-,22+,23+/m1/s1. The van der Waals surface area contributed by atoms with Gasteiger partial charge in [0.1, 0.15) is 6.04 Å². The first-order valence-corrected chi connectivity index (χ1v) is 11.4. The molecular formula is C26H22ClNO5. The molecule has 1 heterocycles. The van der Waals surface area contributed by atoms with Crippen LogP contribution in [-0.2, 0) is 25.5 Å². The third-order valence-electron chi connectivity index (χ3n) is 6.87. The molecule has 5 atom stereocenters. The summed E-state index contributed by atoms with van der Waals surface area (Å²) < 4.78 is 5.34. The van der Waals surface area contributed by atoms with Crippen LogP contribution in [0.5, 0.6) is 0 Å². The number of ketones is 1. The van der Waals surface area contributed by atoms with Gasteiger partial charge in [0.25, 0.3) is 0 Å². The predicted molar refractivity (Wildman–Crippen MR) is 120 cm³/mol. The van der Waals surface area contributed by atoms with E-state index in [-0.39, 0.29) is 30.1 Å². The number of halogens is 1. The molecule has 6 nitrogen and oxygen atoms in total. The van der Waals surface area contributed by atoms with Crippen molar-refractivity contribution in [3.05, 3.63) is 82.9 Å². The van der Waals surface area contributed by atoms with Crippen LogP contribution in [0.25, 0.3) is 0 Å². The third-order valence-corrected chi connectivity index (χ3v) is 7.12. The van der Waals surface area contributed by atoms with E-state index < -0.39 is 36.2 Å². The first kappa shape index (κ1) is 21.6. The average Bonchev–Trinajstić information content (AvgIpc) is 3.51. The molecule has 1 saturated heterocycles. The van der Waals surface area contributed by atoms with Gasteiger partial charge in [0.15, 0.2) is 12.4 Å². The highest BCUT2D eigenvalue weighted by atomic mass is 35.5. The minimum Gasteiger partial charge on any atom is -0.456 e. The fraction of sp³-hybridized carbons (Fsp3) is 0.308. The Hall–Kier alpha value is -3.25. The van der Waals surface area contributed by atoms with Gasteiger partial charge in [-0.25, -0.2) is 4.79 Å². The molecule has 0 radical (unpaired) electrons. The number of ether oxygens (including phenoxy) is 1. The van der Waals surface area contributed by atoms with E-state index in [1.165, 1.54) is 0 Å². The van der Waals surface area contributed by atoms with Crippen LogP contribution < -0.4 is 0 Å². The average molecular weight is 464 g/mol. The molecule has 2 aromatic carbocycles. The summed E-state index contributed by atoms with van der Waals surface area (Å²) in [4.78, 5) is 53.3. The van der Waals surface area contributed by atoms with E-state index in [4.69, 9.17) is 16.3 Å². The maximum Gasteiger partial charge on any atom is 0.330 e. The molecule has 1 saturated carbocycles. The van der Waals surface area contributed by atoms with Crippen LogP contribution in [0.1, 0.15) is 22.3 Å². The van der Waals surface area contributed by atoms with E-state index in [9.17, 15) is 19.2 Å². The van der Waals surface area contributed by atoms with Crippen LogP contribution in [0.15, 0.2) is 66.7 Å². The Morgan fingerprint density at radius 2 is 1.55 bits per heavy atom. The number of esters is 1. The molecule has 168 valence electrons. The molecule has 1 aliphatic heterocycles. The SMILES string of the molecule is O=C(COC(=O)[C@@H](Cc1ccccc1)N1C(=O)[C@@H]2[C@@H](C1=O)[C@H]1C=C[C@@H]2C1)c1ccc(Cl)cc1. The van der Waals surface area contributed by atoms with Gasteiger partial charge >= 0.3 is 5.97 Å². The number of carbonyl (C=O) groups is 4. The van der Waals surface area contributed by atoms with Crippen molar-refractivity contribution in [2.45, 2.75) is 18.9 Å². The van der Waals surface area contributed by atoms with Gasteiger partial charge in [-0.2, -0.15) is 0 Å². The molecule has 2 fully saturated rings. The summed E-state index contributed by atoms with van der Waals surface area (Å²) in [6, 6.07) is 14.3. The molecule has 3 aliphatic rings. The van der Waals surface area contributed by atoms with E-state index >= 15 is 0 Å². The van der Waals surface area contributed by atoms with E-state index in [1.807, 2.05) is 42.5 Å². The lowest BCUT2D eigenvalue weighted by Gasteiger charge is -2.26. The first-order chi connectivity index (χ1) is 15.9. The summed E-state index contributed by atoms with van der Waals surface area (Å²) in [6.45, 7) is -0.484. The van der Waals surface area contributed by atoms with Crippen molar-refractivity contribution in [1.82, 2.24) is 4.90 Å². The number of rotatable bonds is 7. The Morgan fingerprint density at radius 1 is 0.939 bits per heavy atom. The van der Waals surface area contributed by atoms with Crippen LogP contribution in [-0.4, -0.2) is 41.1 Å². The summed E-state index contributed by atoms with van der Waals surface area (Å²) in [5.74, 6) is -2.52. The minimum absolute atomic E-state index is 0.0429. The van der Waals surface area contributed by atoms with E-state index in [0.29, 0.717) is 10.6 Å². The van der Waals surface area contributed by atoms with Crippen LogP contribution >= 0.6 is 11.6 Å². The molecule has 33 heavy (non-hydrogen) atoms. The van der Waals surface area contributed by atoms with E-state index in [0.717, 1.165) is 16.9 Å². The number of benzene rings is 2. The maximum atomic E-state index is 13.3. The molecule has 0 unspecified atom stereocenters. The number of carbonyl (C=O) groups excluding carboxylic acids is 4. The normalized spacial score (nSPS) is 25.9. The molecule has 0 spiro atoms. The first-order valence-electron chi connectivity index (χ1n) is 11.0. The molecule has 2 bridgehead atoms. The zero-order valence-corrected chi connectivity index (χ0v) is 18.5. The number of Topliss-reactive ketones (excluding diaryl/α,β-unsaturated/α-hetero) is 1. The van der Waals surface area contributed by atoms with Gasteiger partial charge < -0.3 is 4.74 Å². The topological polar surface area (TPSA) is 80.8 Å². The second-order valence-electron chi connectivity index (χ2n) is 8.79. The summed E-state index contributed by atoms with van der Waals surface area (Å²) in [6.07, 6.45) is 4.96. The second-order valence-corrected chi connectivity index (χ2v) is 9.23. The zero-order valence-electron chi connectivity index (χ0n) is 17.7. The largest absolute Gasteiger partial charge is 0.456 e. The Labute approximate surface area is 196 Å². The van der Waals surface area contributed by atoms with Crippen molar-refractivity contribution >= 4 is 35.2 Å². The molecule has 5 rings (SSSR count). The summed E-state index contributed by atoms with van der Waals surface area (Å²) in [5, 5.41) is 0.492. The quantitative estimate of drug-likeness (QED) is 0.272. The molecule has 0 aromatic heterocycles. The summed E-state index contributed by atoms with van der Waals surface area (Å²) >= 11 is 5.86. The van der Waals surface area contributed by atoms with Gasteiger partial charge in [0.05, 0.1) is 11.8 Å². The van der Waals surface area contributed by atoms with Crippen molar-refractivity contribution in [3.8, 4) is 0 Å². The lowest BCUT2D eigenvalue weighted by atomic mass is 9.85. The van der Waals surface area contributed by atoms with Crippen LogP contribution in [0, 0.1) is 23.7 Å². The molecule has 7 heteroatoms. The highest BCUT2D eigenvalue weighted by molar-refractivity contribution is 6.30. The molecule has 2 aliphatic carbocycles. The Morgan fingerprint density at radius 3 is 2.15 bits per heavy atom. The molecule has 0 N–H and O–H groups in total. The zero-order chi connectivity index (χ0) is 23.1. The smallest absolute Gasteiger partial charge is 0.330 e. The highest BCUT2D eigenvalue weighted by Crippen LogP contribution is 2.53. The number of hydrogen-bond acceptors (Lipinski definition) is 5. The third kappa shape index (κ3) is 3.89. The van der Waals surface area contributed by atoms with Crippen molar-refractivity contribution in [2.24, 2.45) is 23.7 Å². The Kier molecular flexibility index (Phi) is 5.62. The van der Waals surface area contributed by atoms with Gasteiger partial charge in [0, 0.05) is 17.0 Å². The Bertz CT molecular complexity index is 1110. The number of nitrogens with zero attached hydrogens (tertiary/aromatic N) is 1. The van der Waals surface area contributed by atoms with Gasteiger partial charge in [-0.3, -0.25) is 19.3 Å². The monoisotopic (exact) mass is 463 g/mol. The van der Waals surface area contributed by atoms with E-state index in [1.54, 1.807) is 24.3 Å². The Balaban J connectivity index is 1.36.